The molecule has 7 heteroatoms. The summed E-state index contributed by atoms with van der Waals surface area (Å²) >= 11 is 0. The zero-order valence-corrected chi connectivity index (χ0v) is 16.5. The number of carboxylic acid groups (broad SMARTS) is 1. The normalized spacial score (nSPS) is 14.6. The Labute approximate surface area is 169 Å². The number of nitrogens with one attached hydrogen (secondary N) is 1. The molecule has 0 radical (unpaired) electrons. The Hall–Kier alpha value is -3.35. The summed E-state index contributed by atoms with van der Waals surface area (Å²) in [4.78, 5) is 37.5. The molecule has 2 aromatic carbocycles. The van der Waals surface area contributed by atoms with Crippen LogP contribution >= 0.6 is 0 Å². The Morgan fingerprint density at radius 2 is 1.97 bits per heavy atom. The average molecular weight is 396 g/mol. The van der Waals surface area contributed by atoms with Gasteiger partial charge in [0.1, 0.15) is 5.75 Å². The van der Waals surface area contributed by atoms with Crippen molar-refractivity contribution in [2.24, 2.45) is 0 Å². The van der Waals surface area contributed by atoms with E-state index in [2.05, 4.69) is 5.32 Å². The number of nitrogens with zero attached hydrogens (tertiary/aromatic N) is 1. The number of benzene rings is 2. The van der Waals surface area contributed by atoms with E-state index in [-0.39, 0.29) is 12.5 Å². The molecule has 0 aromatic heterocycles. The van der Waals surface area contributed by atoms with Gasteiger partial charge >= 0.3 is 5.97 Å². The van der Waals surface area contributed by atoms with E-state index in [0.717, 1.165) is 23.2 Å². The second kappa shape index (κ2) is 8.77. The van der Waals surface area contributed by atoms with Gasteiger partial charge in [-0.05, 0) is 49.1 Å². The van der Waals surface area contributed by atoms with Crippen LogP contribution in [0.4, 0.5) is 5.69 Å². The number of rotatable bonds is 7. The van der Waals surface area contributed by atoms with E-state index in [4.69, 9.17) is 4.74 Å². The van der Waals surface area contributed by atoms with E-state index >= 15 is 0 Å². The molecule has 2 aromatic rings. The van der Waals surface area contributed by atoms with Crippen molar-refractivity contribution in [3.05, 3.63) is 59.2 Å². The van der Waals surface area contributed by atoms with Gasteiger partial charge in [-0.25, -0.2) is 4.79 Å². The third kappa shape index (κ3) is 4.93. The summed E-state index contributed by atoms with van der Waals surface area (Å²) in [5.41, 5.74) is 3.23. The maximum atomic E-state index is 12.3. The first-order chi connectivity index (χ1) is 13.8. The van der Waals surface area contributed by atoms with Gasteiger partial charge in [-0.3, -0.25) is 9.59 Å². The average Bonchev–Trinajstić information content (AvgIpc) is 3.13. The topological polar surface area (TPSA) is 95.9 Å². The summed E-state index contributed by atoms with van der Waals surface area (Å²) in [5.74, 6) is -1.18. The minimum atomic E-state index is -1.15. The third-order valence-electron chi connectivity index (χ3n) is 4.99. The smallest absolute Gasteiger partial charge is 0.330 e. The zero-order valence-electron chi connectivity index (χ0n) is 16.5. The number of aliphatic carboxylic acids is 1. The maximum Gasteiger partial charge on any atom is 0.330 e. The van der Waals surface area contributed by atoms with Gasteiger partial charge in [0.25, 0.3) is 5.91 Å². The highest BCUT2D eigenvalue weighted by Crippen LogP contribution is 2.25. The fourth-order valence-corrected chi connectivity index (χ4v) is 3.25. The molecule has 29 heavy (non-hydrogen) atoms. The molecule has 0 saturated carbocycles. The number of carbonyl (C=O) groups is 3. The molecular formula is C22H24N2O5. The van der Waals surface area contributed by atoms with Crippen LogP contribution in [0.15, 0.2) is 42.5 Å². The van der Waals surface area contributed by atoms with E-state index in [1.807, 2.05) is 26.0 Å². The summed E-state index contributed by atoms with van der Waals surface area (Å²) in [6.07, 6.45) is 1.35. The van der Waals surface area contributed by atoms with Gasteiger partial charge in [0.15, 0.2) is 12.6 Å². The quantitative estimate of drug-likeness (QED) is 0.750. The number of hydrogen-bond donors (Lipinski definition) is 2. The molecule has 1 aliphatic rings. The summed E-state index contributed by atoms with van der Waals surface area (Å²) in [5, 5.41) is 12.0. The molecule has 1 saturated heterocycles. The zero-order chi connectivity index (χ0) is 21.0. The van der Waals surface area contributed by atoms with Gasteiger partial charge in [0.05, 0.1) is 0 Å². The van der Waals surface area contributed by atoms with Crippen molar-refractivity contribution >= 4 is 23.5 Å². The number of anilines is 1. The van der Waals surface area contributed by atoms with Crippen LogP contribution in [0.5, 0.6) is 5.75 Å². The second-order valence-electron chi connectivity index (χ2n) is 7.12. The van der Waals surface area contributed by atoms with Crippen molar-refractivity contribution in [3.8, 4) is 5.75 Å². The lowest BCUT2D eigenvalue weighted by Crippen LogP contribution is -2.36. The molecule has 1 unspecified atom stereocenters. The molecule has 1 heterocycles. The Kier molecular flexibility index (Phi) is 6.16. The fourth-order valence-electron chi connectivity index (χ4n) is 3.25. The van der Waals surface area contributed by atoms with Crippen LogP contribution in [0.1, 0.15) is 35.6 Å². The number of ether oxygens (including phenoxy) is 1. The van der Waals surface area contributed by atoms with Crippen molar-refractivity contribution in [2.45, 2.75) is 32.7 Å². The SMILES string of the molecule is Cc1ccc(C(NC(=O)COc2cccc(N3CCCC3=O)c2)C(=O)O)cc1C. The van der Waals surface area contributed by atoms with Crippen molar-refractivity contribution in [1.29, 1.82) is 0 Å². The van der Waals surface area contributed by atoms with Crippen LogP contribution in [0.3, 0.4) is 0 Å². The monoisotopic (exact) mass is 396 g/mol. The maximum absolute atomic E-state index is 12.3. The van der Waals surface area contributed by atoms with E-state index in [0.29, 0.717) is 24.3 Å². The Bertz CT molecular complexity index is 941. The van der Waals surface area contributed by atoms with Crippen molar-refractivity contribution < 1.29 is 24.2 Å². The van der Waals surface area contributed by atoms with Crippen molar-refractivity contribution in [2.75, 3.05) is 18.1 Å². The third-order valence-corrected chi connectivity index (χ3v) is 4.99. The molecule has 0 bridgehead atoms. The first-order valence-electron chi connectivity index (χ1n) is 9.47. The second-order valence-corrected chi connectivity index (χ2v) is 7.12. The van der Waals surface area contributed by atoms with E-state index in [1.54, 1.807) is 35.2 Å². The minimum absolute atomic E-state index is 0.0672. The number of carboxylic acids is 1. The molecule has 0 aliphatic carbocycles. The van der Waals surface area contributed by atoms with Crippen molar-refractivity contribution in [3.63, 3.8) is 0 Å². The van der Waals surface area contributed by atoms with E-state index in [1.165, 1.54) is 0 Å². The molecular weight excluding hydrogens is 372 g/mol. The van der Waals surface area contributed by atoms with Gasteiger partial charge in [0.2, 0.25) is 5.91 Å². The minimum Gasteiger partial charge on any atom is -0.484 e. The van der Waals surface area contributed by atoms with Gasteiger partial charge in [-0.1, -0.05) is 24.3 Å². The van der Waals surface area contributed by atoms with Gasteiger partial charge in [-0.15, -0.1) is 0 Å². The standard InChI is InChI=1S/C22H24N2O5/c1-14-8-9-16(11-15(14)2)21(22(27)28)23-19(25)13-29-18-6-3-5-17(12-18)24-10-4-7-20(24)26/h3,5-6,8-9,11-12,21H,4,7,10,13H2,1-2H3,(H,23,25)(H,27,28). The summed E-state index contributed by atoms with van der Waals surface area (Å²) in [7, 11) is 0. The van der Waals surface area contributed by atoms with Crippen LogP contribution in [0, 0.1) is 13.8 Å². The molecule has 7 nitrogen and oxygen atoms in total. The molecule has 2 amide bonds. The van der Waals surface area contributed by atoms with E-state index < -0.39 is 17.9 Å². The molecule has 1 atom stereocenters. The van der Waals surface area contributed by atoms with Gasteiger partial charge in [-0.2, -0.15) is 0 Å². The number of amides is 2. The predicted octanol–water partition coefficient (Wildman–Crippen LogP) is 2.75. The lowest BCUT2D eigenvalue weighted by Gasteiger charge is -2.18. The Balaban J connectivity index is 1.63. The summed E-state index contributed by atoms with van der Waals surface area (Å²) in [6.45, 7) is 4.16. The van der Waals surface area contributed by atoms with Crippen LogP contribution in [-0.2, 0) is 14.4 Å². The number of hydrogen-bond acceptors (Lipinski definition) is 4. The lowest BCUT2D eigenvalue weighted by atomic mass is 10.0. The van der Waals surface area contributed by atoms with E-state index in [9.17, 15) is 19.5 Å². The summed E-state index contributed by atoms with van der Waals surface area (Å²) in [6, 6.07) is 11.1. The van der Waals surface area contributed by atoms with Crippen LogP contribution in [0.25, 0.3) is 0 Å². The number of carbonyl (C=O) groups excluding carboxylic acids is 2. The lowest BCUT2D eigenvalue weighted by molar-refractivity contribution is -0.142. The molecule has 1 fully saturated rings. The molecule has 1 aliphatic heterocycles. The van der Waals surface area contributed by atoms with Crippen LogP contribution in [0.2, 0.25) is 0 Å². The van der Waals surface area contributed by atoms with Crippen LogP contribution in [-0.4, -0.2) is 36.0 Å². The Morgan fingerprint density at radius 1 is 1.17 bits per heavy atom. The molecule has 152 valence electrons. The predicted molar refractivity (Wildman–Crippen MR) is 108 cm³/mol. The highest BCUT2D eigenvalue weighted by atomic mass is 16.5. The number of aryl methyl sites for hydroxylation is 2. The first kappa shape index (κ1) is 20.4. The van der Waals surface area contributed by atoms with Gasteiger partial charge in [0, 0.05) is 24.7 Å². The molecule has 3 rings (SSSR count). The highest BCUT2D eigenvalue weighted by molar-refractivity contribution is 5.95. The van der Waals surface area contributed by atoms with Crippen molar-refractivity contribution in [1.82, 2.24) is 5.32 Å². The fraction of sp³-hybridized carbons (Fsp3) is 0.318. The largest absolute Gasteiger partial charge is 0.484 e. The molecule has 0 spiro atoms. The highest BCUT2D eigenvalue weighted by Gasteiger charge is 2.24. The van der Waals surface area contributed by atoms with Crippen LogP contribution < -0.4 is 15.0 Å². The summed E-state index contributed by atoms with van der Waals surface area (Å²) < 4.78 is 5.52. The molecule has 2 N–H and O–H groups in total. The van der Waals surface area contributed by atoms with Gasteiger partial charge < -0.3 is 20.1 Å². The Morgan fingerprint density at radius 3 is 2.62 bits per heavy atom. The first-order valence-corrected chi connectivity index (χ1v) is 9.47.